The van der Waals surface area contributed by atoms with Crippen LogP contribution in [0.25, 0.3) is 11.3 Å². The van der Waals surface area contributed by atoms with Gasteiger partial charge in [0.1, 0.15) is 0 Å². The summed E-state index contributed by atoms with van der Waals surface area (Å²) in [4.78, 5) is 11.0. The van der Waals surface area contributed by atoms with Gasteiger partial charge in [0.05, 0.1) is 17.8 Å². The van der Waals surface area contributed by atoms with E-state index in [0.29, 0.717) is 27.4 Å². The number of phenolic OH excluding ortho intramolecular Hbond substituents is 1. The van der Waals surface area contributed by atoms with E-state index in [2.05, 4.69) is 5.10 Å². The first-order chi connectivity index (χ1) is 9.79. The molecular formula is C14H15ClN2O4. The van der Waals surface area contributed by atoms with E-state index >= 15 is 0 Å². The fourth-order valence-corrected chi connectivity index (χ4v) is 2.51. The second kappa shape index (κ2) is 5.29. The summed E-state index contributed by atoms with van der Waals surface area (Å²) in [7, 11) is 3.03. The average molecular weight is 311 g/mol. The summed E-state index contributed by atoms with van der Waals surface area (Å²) in [5.74, 6) is -0.963. The lowest BCUT2D eigenvalue weighted by atomic mass is 9.99. The Bertz CT molecular complexity index is 737. The third kappa shape index (κ3) is 2.31. The van der Waals surface area contributed by atoms with Gasteiger partial charge in [-0.15, -0.1) is 0 Å². The average Bonchev–Trinajstić information content (AvgIpc) is 2.80. The molecule has 1 aromatic heterocycles. The highest BCUT2D eigenvalue weighted by Gasteiger charge is 2.23. The van der Waals surface area contributed by atoms with E-state index in [1.807, 2.05) is 0 Å². The van der Waals surface area contributed by atoms with E-state index in [0.717, 1.165) is 0 Å². The number of ether oxygens (including phenoxy) is 1. The quantitative estimate of drug-likeness (QED) is 0.910. The number of benzene rings is 1. The molecule has 1 aromatic carbocycles. The number of aromatic nitrogens is 2. The van der Waals surface area contributed by atoms with Gasteiger partial charge in [0, 0.05) is 18.2 Å². The SMILES string of the molecule is COc1c(C)c(Cl)c(C)c(-c2cc(C(=O)O)nn2C)c1O. The number of carbonyl (C=O) groups is 1. The summed E-state index contributed by atoms with van der Waals surface area (Å²) < 4.78 is 6.57. The van der Waals surface area contributed by atoms with Crippen LogP contribution in [0.2, 0.25) is 5.02 Å². The third-order valence-electron chi connectivity index (χ3n) is 3.39. The number of carboxylic acids is 1. The van der Waals surface area contributed by atoms with E-state index in [1.165, 1.54) is 17.9 Å². The highest BCUT2D eigenvalue weighted by atomic mass is 35.5. The summed E-state index contributed by atoms with van der Waals surface area (Å²) in [5, 5.41) is 23.8. The van der Waals surface area contributed by atoms with Crippen LogP contribution in [0.3, 0.4) is 0 Å². The van der Waals surface area contributed by atoms with Crippen molar-refractivity contribution in [3.05, 3.63) is 27.9 Å². The van der Waals surface area contributed by atoms with Crippen LogP contribution in [-0.4, -0.2) is 33.1 Å². The van der Waals surface area contributed by atoms with E-state index in [9.17, 15) is 9.90 Å². The summed E-state index contributed by atoms with van der Waals surface area (Å²) in [6, 6.07) is 1.38. The first-order valence-electron chi connectivity index (χ1n) is 6.12. The monoisotopic (exact) mass is 310 g/mol. The molecule has 7 heteroatoms. The van der Waals surface area contributed by atoms with Crippen LogP contribution in [0.1, 0.15) is 21.6 Å². The number of hydrogen-bond donors (Lipinski definition) is 2. The first-order valence-corrected chi connectivity index (χ1v) is 6.50. The lowest BCUT2D eigenvalue weighted by Crippen LogP contribution is -2.00. The lowest BCUT2D eigenvalue weighted by molar-refractivity contribution is 0.0689. The van der Waals surface area contributed by atoms with E-state index < -0.39 is 5.97 Å². The number of nitrogens with zero attached hydrogens (tertiary/aromatic N) is 2. The zero-order chi connectivity index (χ0) is 15.9. The number of halogens is 1. The fraction of sp³-hybridized carbons (Fsp3) is 0.286. The van der Waals surface area contributed by atoms with Crippen molar-refractivity contribution in [1.29, 1.82) is 0 Å². The molecule has 112 valence electrons. The number of rotatable bonds is 3. The number of hydrogen-bond acceptors (Lipinski definition) is 4. The zero-order valence-corrected chi connectivity index (χ0v) is 12.8. The van der Waals surface area contributed by atoms with Crippen LogP contribution in [0.4, 0.5) is 0 Å². The molecule has 21 heavy (non-hydrogen) atoms. The predicted molar refractivity (Wildman–Crippen MR) is 78.3 cm³/mol. The second-order valence-electron chi connectivity index (χ2n) is 4.66. The number of carboxylic acid groups (broad SMARTS) is 1. The highest BCUT2D eigenvalue weighted by Crippen LogP contribution is 2.46. The molecule has 0 unspecified atom stereocenters. The molecule has 6 nitrogen and oxygen atoms in total. The van der Waals surface area contributed by atoms with Crippen molar-refractivity contribution in [3.8, 4) is 22.8 Å². The van der Waals surface area contributed by atoms with Crippen LogP contribution >= 0.6 is 11.6 Å². The molecule has 2 rings (SSSR count). The molecule has 2 aromatic rings. The molecule has 0 saturated carbocycles. The first kappa shape index (κ1) is 15.2. The van der Waals surface area contributed by atoms with Gasteiger partial charge >= 0.3 is 5.97 Å². The van der Waals surface area contributed by atoms with Crippen molar-refractivity contribution in [3.63, 3.8) is 0 Å². The Kier molecular flexibility index (Phi) is 3.82. The Morgan fingerprint density at radius 2 is 2.00 bits per heavy atom. The van der Waals surface area contributed by atoms with E-state index in [-0.39, 0.29) is 17.2 Å². The van der Waals surface area contributed by atoms with Crippen molar-refractivity contribution >= 4 is 17.6 Å². The maximum absolute atomic E-state index is 11.0. The third-order valence-corrected chi connectivity index (χ3v) is 3.95. The van der Waals surface area contributed by atoms with Gasteiger partial charge in [-0.1, -0.05) is 11.6 Å². The number of phenols is 1. The maximum atomic E-state index is 11.0. The number of aromatic carboxylic acids is 1. The molecule has 0 aliphatic heterocycles. The van der Waals surface area contributed by atoms with E-state index in [1.54, 1.807) is 20.9 Å². The van der Waals surface area contributed by atoms with Gasteiger partial charge in [-0.2, -0.15) is 5.10 Å². The van der Waals surface area contributed by atoms with Crippen LogP contribution in [0.15, 0.2) is 6.07 Å². The van der Waals surface area contributed by atoms with Crippen molar-refractivity contribution in [2.24, 2.45) is 7.05 Å². The summed E-state index contributed by atoms with van der Waals surface area (Å²) in [5.41, 5.74) is 2.00. The molecule has 0 aliphatic carbocycles. The van der Waals surface area contributed by atoms with Gasteiger partial charge in [0.2, 0.25) is 0 Å². The molecular weight excluding hydrogens is 296 g/mol. The lowest BCUT2D eigenvalue weighted by Gasteiger charge is -2.16. The largest absolute Gasteiger partial charge is 0.504 e. The molecule has 2 N–H and O–H groups in total. The van der Waals surface area contributed by atoms with Gasteiger partial charge < -0.3 is 14.9 Å². The molecule has 0 bridgehead atoms. The minimum atomic E-state index is -1.14. The summed E-state index contributed by atoms with van der Waals surface area (Å²) >= 11 is 6.27. The minimum absolute atomic E-state index is 0.0863. The fourth-order valence-electron chi connectivity index (χ4n) is 2.33. The molecule has 0 aliphatic rings. The zero-order valence-electron chi connectivity index (χ0n) is 12.1. The topological polar surface area (TPSA) is 84.6 Å². The van der Waals surface area contributed by atoms with Gasteiger partial charge in [0.25, 0.3) is 0 Å². The molecule has 1 heterocycles. The number of aromatic hydroxyl groups is 1. The van der Waals surface area contributed by atoms with Crippen molar-refractivity contribution in [2.75, 3.05) is 7.11 Å². The van der Waals surface area contributed by atoms with Crippen molar-refractivity contribution < 1.29 is 19.7 Å². The van der Waals surface area contributed by atoms with Crippen LogP contribution in [0.5, 0.6) is 11.5 Å². The predicted octanol–water partition coefficient (Wildman–Crippen LogP) is 2.77. The van der Waals surface area contributed by atoms with Crippen LogP contribution < -0.4 is 4.74 Å². The summed E-state index contributed by atoms with van der Waals surface area (Å²) in [6.07, 6.45) is 0. The Morgan fingerprint density at radius 3 is 2.48 bits per heavy atom. The van der Waals surface area contributed by atoms with Crippen molar-refractivity contribution in [2.45, 2.75) is 13.8 Å². The minimum Gasteiger partial charge on any atom is -0.504 e. The number of methoxy groups -OCH3 is 1. The maximum Gasteiger partial charge on any atom is 0.356 e. The van der Waals surface area contributed by atoms with Crippen LogP contribution in [0, 0.1) is 13.8 Å². The Hall–Kier alpha value is -2.21. The van der Waals surface area contributed by atoms with Crippen LogP contribution in [-0.2, 0) is 7.05 Å². The Morgan fingerprint density at radius 1 is 1.38 bits per heavy atom. The normalized spacial score (nSPS) is 10.7. The molecule has 0 saturated heterocycles. The van der Waals surface area contributed by atoms with E-state index in [4.69, 9.17) is 21.4 Å². The molecule has 0 radical (unpaired) electrons. The standard InChI is InChI=1S/C14H15ClN2O4/c1-6-10(9-5-8(14(19)20)16-17(9)3)12(18)13(21-4)7(2)11(6)15/h5,18H,1-4H3,(H,19,20). The van der Waals surface area contributed by atoms with Crippen molar-refractivity contribution in [1.82, 2.24) is 9.78 Å². The summed E-state index contributed by atoms with van der Waals surface area (Å²) in [6.45, 7) is 3.49. The molecule has 0 fully saturated rings. The molecule has 0 amide bonds. The smallest absolute Gasteiger partial charge is 0.356 e. The van der Waals surface area contributed by atoms with Gasteiger partial charge in [0.15, 0.2) is 17.2 Å². The Labute approximate surface area is 126 Å². The van der Waals surface area contributed by atoms with Gasteiger partial charge in [-0.05, 0) is 25.5 Å². The Balaban J connectivity index is 2.81. The van der Waals surface area contributed by atoms with Gasteiger partial charge in [-0.3, -0.25) is 4.68 Å². The second-order valence-corrected chi connectivity index (χ2v) is 5.04. The molecule has 0 atom stereocenters. The molecule has 0 spiro atoms. The number of aryl methyl sites for hydroxylation is 1. The highest BCUT2D eigenvalue weighted by molar-refractivity contribution is 6.33. The van der Waals surface area contributed by atoms with Gasteiger partial charge in [-0.25, -0.2) is 4.79 Å².